The van der Waals surface area contributed by atoms with Crippen LogP contribution in [-0.4, -0.2) is 24.3 Å². The molecule has 0 aliphatic rings. The first-order chi connectivity index (χ1) is 7.93. The van der Waals surface area contributed by atoms with E-state index in [1.54, 1.807) is 25.2 Å². The minimum Gasteiger partial charge on any atom is -0.306 e. The van der Waals surface area contributed by atoms with E-state index in [1.165, 1.54) is 0 Å². The average molecular weight is 211 g/mol. The van der Waals surface area contributed by atoms with Crippen molar-refractivity contribution < 1.29 is 0 Å². The maximum Gasteiger partial charge on any atom is 0.123 e. The van der Waals surface area contributed by atoms with Crippen LogP contribution in [-0.2, 0) is 0 Å². The van der Waals surface area contributed by atoms with Gasteiger partial charge in [-0.05, 0) is 18.2 Å². The van der Waals surface area contributed by atoms with Gasteiger partial charge in [0.2, 0.25) is 0 Å². The van der Waals surface area contributed by atoms with Crippen molar-refractivity contribution in [3.8, 4) is 11.4 Å². The van der Waals surface area contributed by atoms with Gasteiger partial charge in [-0.3, -0.25) is 4.57 Å². The second-order valence-corrected chi connectivity index (χ2v) is 3.36. The van der Waals surface area contributed by atoms with Crippen molar-refractivity contribution >= 4 is 0 Å². The lowest BCUT2D eigenvalue weighted by Crippen LogP contribution is -1.94. The largest absolute Gasteiger partial charge is 0.306 e. The molecule has 0 saturated heterocycles. The lowest BCUT2D eigenvalue weighted by molar-refractivity contribution is 1.02. The molecule has 3 aromatic rings. The van der Waals surface area contributed by atoms with E-state index in [0.717, 1.165) is 11.4 Å². The maximum atomic E-state index is 4.02. The maximum absolute atomic E-state index is 4.02. The molecule has 0 aliphatic carbocycles. The van der Waals surface area contributed by atoms with Crippen LogP contribution in [0.3, 0.4) is 0 Å². The fourth-order valence-corrected chi connectivity index (χ4v) is 1.56. The van der Waals surface area contributed by atoms with Crippen molar-refractivity contribution in [3.63, 3.8) is 0 Å². The third kappa shape index (κ3) is 1.48. The van der Waals surface area contributed by atoms with E-state index in [0.29, 0.717) is 0 Å². The molecule has 1 aromatic carbocycles. The Balaban J connectivity index is 2.07. The number of imidazole rings is 1. The molecule has 0 fully saturated rings. The van der Waals surface area contributed by atoms with Crippen molar-refractivity contribution in [2.45, 2.75) is 0 Å². The summed E-state index contributed by atoms with van der Waals surface area (Å²) in [6.45, 7) is 0. The third-order valence-corrected chi connectivity index (χ3v) is 2.35. The van der Waals surface area contributed by atoms with Crippen LogP contribution in [0.25, 0.3) is 11.4 Å². The van der Waals surface area contributed by atoms with Gasteiger partial charge in [0.05, 0.1) is 12.0 Å². The molecule has 0 atom stereocenters. The topological polar surface area (TPSA) is 48.5 Å². The van der Waals surface area contributed by atoms with E-state index in [9.17, 15) is 0 Å². The van der Waals surface area contributed by atoms with Gasteiger partial charge in [-0.2, -0.15) is 0 Å². The van der Waals surface area contributed by atoms with Gasteiger partial charge in [0.1, 0.15) is 12.7 Å². The number of aromatic nitrogens is 5. The van der Waals surface area contributed by atoms with E-state index >= 15 is 0 Å². The fourth-order valence-electron chi connectivity index (χ4n) is 1.56. The predicted octanol–water partition coefficient (Wildman–Crippen LogP) is 1.45. The Morgan fingerprint density at radius 2 is 1.62 bits per heavy atom. The van der Waals surface area contributed by atoms with Gasteiger partial charge in [-0.1, -0.05) is 6.07 Å². The quantitative estimate of drug-likeness (QED) is 0.644. The van der Waals surface area contributed by atoms with Crippen LogP contribution < -0.4 is 0 Å². The van der Waals surface area contributed by atoms with Crippen molar-refractivity contribution in [3.05, 3.63) is 55.6 Å². The molecule has 5 nitrogen and oxygen atoms in total. The van der Waals surface area contributed by atoms with Gasteiger partial charge in [0, 0.05) is 18.1 Å². The van der Waals surface area contributed by atoms with Gasteiger partial charge in [-0.15, -0.1) is 10.2 Å². The van der Waals surface area contributed by atoms with Crippen molar-refractivity contribution in [1.29, 1.82) is 0 Å². The number of nitrogens with zero attached hydrogens (tertiary/aromatic N) is 5. The number of rotatable bonds is 2. The molecule has 0 unspecified atom stereocenters. The van der Waals surface area contributed by atoms with Crippen LogP contribution >= 0.6 is 0 Å². The van der Waals surface area contributed by atoms with Crippen LogP contribution in [0.1, 0.15) is 0 Å². The molecule has 0 amide bonds. The monoisotopic (exact) mass is 211 g/mol. The van der Waals surface area contributed by atoms with Crippen LogP contribution in [0.5, 0.6) is 0 Å². The van der Waals surface area contributed by atoms with Crippen molar-refractivity contribution in [2.24, 2.45) is 0 Å². The highest BCUT2D eigenvalue weighted by molar-refractivity contribution is 5.43. The van der Waals surface area contributed by atoms with Crippen LogP contribution in [0.2, 0.25) is 0 Å². The summed E-state index contributed by atoms with van der Waals surface area (Å²) in [7, 11) is 0. The van der Waals surface area contributed by atoms with Gasteiger partial charge in [0.15, 0.2) is 0 Å². The SMILES string of the molecule is c1cc(-n2ccnc2)cc(-n2cnnc2)c1. The molecule has 16 heavy (non-hydrogen) atoms. The summed E-state index contributed by atoms with van der Waals surface area (Å²) in [5, 5.41) is 7.57. The first-order valence-corrected chi connectivity index (χ1v) is 4.87. The molecule has 0 saturated carbocycles. The van der Waals surface area contributed by atoms with Gasteiger partial charge in [0.25, 0.3) is 0 Å². The first kappa shape index (κ1) is 8.84. The molecule has 2 aromatic heterocycles. The van der Waals surface area contributed by atoms with Crippen molar-refractivity contribution in [2.75, 3.05) is 0 Å². The van der Waals surface area contributed by atoms with Gasteiger partial charge >= 0.3 is 0 Å². The van der Waals surface area contributed by atoms with Crippen LogP contribution in [0.15, 0.2) is 55.6 Å². The summed E-state index contributed by atoms with van der Waals surface area (Å²) in [5.74, 6) is 0. The number of hydrogen-bond donors (Lipinski definition) is 0. The minimum absolute atomic E-state index is 1.02. The fraction of sp³-hybridized carbons (Fsp3) is 0. The highest BCUT2D eigenvalue weighted by Gasteiger charge is 1.99. The molecule has 2 heterocycles. The Kier molecular flexibility index (Phi) is 2.00. The molecular weight excluding hydrogens is 202 g/mol. The van der Waals surface area contributed by atoms with E-state index < -0.39 is 0 Å². The zero-order chi connectivity index (χ0) is 10.8. The lowest BCUT2D eigenvalue weighted by Gasteiger charge is -2.05. The molecule has 3 rings (SSSR count). The van der Waals surface area contributed by atoms with E-state index in [1.807, 2.05) is 39.6 Å². The van der Waals surface area contributed by atoms with Gasteiger partial charge in [-0.25, -0.2) is 4.98 Å². The first-order valence-electron chi connectivity index (χ1n) is 4.87. The zero-order valence-electron chi connectivity index (χ0n) is 8.43. The van der Waals surface area contributed by atoms with Gasteiger partial charge < -0.3 is 4.57 Å². The molecule has 0 spiro atoms. The highest BCUT2D eigenvalue weighted by atomic mass is 15.2. The zero-order valence-corrected chi connectivity index (χ0v) is 8.43. The van der Waals surface area contributed by atoms with E-state index in [-0.39, 0.29) is 0 Å². The molecule has 0 bridgehead atoms. The summed E-state index contributed by atoms with van der Waals surface area (Å²) in [5.41, 5.74) is 2.08. The van der Waals surface area contributed by atoms with E-state index in [2.05, 4.69) is 15.2 Å². The highest BCUT2D eigenvalue weighted by Crippen LogP contribution is 2.13. The Morgan fingerprint density at radius 1 is 0.875 bits per heavy atom. The van der Waals surface area contributed by atoms with Crippen molar-refractivity contribution in [1.82, 2.24) is 24.3 Å². The van der Waals surface area contributed by atoms with Crippen LogP contribution in [0.4, 0.5) is 0 Å². The Morgan fingerprint density at radius 3 is 2.31 bits per heavy atom. The second kappa shape index (κ2) is 3.62. The Bertz CT molecular complexity index is 519. The smallest absolute Gasteiger partial charge is 0.123 e. The second-order valence-electron chi connectivity index (χ2n) is 3.36. The summed E-state index contributed by atoms with van der Waals surface area (Å²) >= 11 is 0. The summed E-state index contributed by atoms with van der Waals surface area (Å²) in [6.07, 6.45) is 8.78. The number of benzene rings is 1. The molecule has 0 radical (unpaired) electrons. The Hall–Kier alpha value is -2.43. The summed E-state index contributed by atoms with van der Waals surface area (Å²) in [4.78, 5) is 4.02. The molecule has 78 valence electrons. The third-order valence-electron chi connectivity index (χ3n) is 2.35. The number of hydrogen-bond acceptors (Lipinski definition) is 3. The molecule has 5 heteroatoms. The standard InChI is InChI=1S/C11H9N5/c1-2-10(15-5-4-12-7-15)6-11(3-1)16-8-13-14-9-16/h1-9H. The lowest BCUT2D eigenvalue weighted by atomic mass is 10.2. The molecule has 0 N–H and O–H groups in total. The Labute approximate surface area is 92.0 Å². The van der Waals surface area contributed by atoms with Crippen LogP contribution in [0, 0.1) is 0 Å². The predicted molar refractivity (Wildman–Crippen MR) is 58.5 cm³/mol. The molecule has 0 aliphatic heterocycles. The average Bonchev–Trinajstić information content (AvgIpc) is 3.03. The summed E-state index contributed by atoms with van der Waals surface area (Å²) in [6, 6.07) is 8.06. The summed E-state index contributed by atoms with van der Waals surface area (Å²) < 4.78 is 3.81. The van der Waals surface area contributed by atoms with E-state index in [4.69, 9.17) is 0 Å². The minimum atomic E-state index is 1.02. The normalized spacial score (nSPS) is 10.5. The molecular formula is C11H9N5.